The number of hydrogen-bond donors (Lipinski definition) is 4. The van der Waals surface area contributed by atoms with Gasteiger partial charge in [-0.1, -0.05) is 11.6 Å². The van der Waals surface area contributed by atoms with Crippen LogP contribution in [0, 0.1) is 5.92 Å². The summed E-state index contributed by atoms with van der Waals surface area (Å²) in [6.45, 7) is 8.11. The number of fused-ring (bicyclic) bond motifs is 1. The van der Waals surface area contributed by atoms with Gasteiger partial charge in [0.25, 0.3) is 17.4 Å². The number of piperidine rings is 2. The van der Waals surface area contributed by atoms with Gasteiger partial charge in [-0.05, 0) is 68.5 Å². The molecule has 0 aliphatic carbocycles. The number of carbonyl (C=O) groups is 4. The van der Waals surface area contributed by atoms with E-state index in [9.17, 15) is 24.0 Å². The van der Waals surface area contributed by atoms with Crippen LogP contribution < -0.4 is 46.1 Å². The number of hydrogen-bond acceptors (Lipinski definition) is 13. The van der Waals surface area contributed by atoms with Crippen LogP contribution in [0.2, 0.25) is 5.02 Å². The topological polar surface area (TPSA) is 192 Å². The van der Waals surface area contributed by atoms with Crippen molar-refractivity contribution in [1.82, 2.24) is 35.4 Å². The van der Waals surface area contributed by atoms with E-state index in [1.807, 2.05) is 37.3 Å². The van der Waals surface area contributed by atoms with Crippen molar-refractivity contribution in [3.05, 3.63) is 69.6 Å². The molecule has 0 saturated carbocycles. The minimum Gasteiger partial charge on any atom is -0.496 e. The summed E-state index contributed by atoms with van der Waals surface area (Å²) in [4.78, 5) is 77.8. The molecule has 0 radical (unpaired) electrons. The van der Waals surface area contributed by atoms with Gasteiger partial charge in [0.1, 0.15) is 16.8 Å². The molecule has 3 fully saturated rings. The molecule has 5 heterocycles. The summed E-state index contributed by atoms with van der Waals surface area (Å²) >= 11 is 6.57. The Kier molecular flexibility index (Phi) is 12.8. The molecule has 3 aliphatic heterocycles. The summed E-state index contributed by atoms with van der Waals surface area (Å²) in [5.41, 5.74) is 2.45. The third kappa shape index (κ3) is 9.52. The number of aryl methyl sites for hydroxylation is 1. The molecule has 59 heavy (non-hydrogen) atoms. The lowest BCUT2D eigenvalue weighted by molar-refractivity contribution is -0.134. The van der Waals surface area contributed by atoms with E-state index in [0.29, 0.717) is 46.3 Å². The number of ether oxygens (including phenoxy) is 2. The maximum absolute atomic E-state index is 13.0. The molecule has 1 unspecified atom stereocenters. The van der Waals surface area contributed by atoms with E-state index < -0.39 is 17.9 Å². The van der Waals surface area contributed by atoms with E-state index in [-0.39, 0.29) is 42.6 Å². The molecule has 0 spiro atoms. The third-order valence-corrected chi connectivity index (χ3v) is 11.4. The molecule has 3 saturated heterocycles. The number of rotatable bonds is 13. The Morgan fingerprint density at radius 2 is 1.73 bits per heavy atom. The van der Waals surface area contributed by atoms with E-state index in [1.54, 1.807) is 22.9 Å². The van der Waals surface area contributed by atoms with E-state index in [0.717, 1.165) is 75.2 Å². The molecule has 4 aromatic rings. The first kappa shape index (κ1) is 41.2. The molecule has 3 aliphatic rings. The van der Waals surface area contributed by atoms with Crippen molar-refractivity contribution in [2.45, 2.75) is 45.2 Å². The van der Waals surface area contributed by atoms with Gasteiger partial charge >= 0.3 is 0 Å². The average molecular weight is 829 g/mol. The molecule has 17 nitrogen and oxygen atoms in total. The van der Waals surface area contributed by atoms with Crippen molar-refractivity contribution in [2.75, 3.05) is 81.7 Å². The number of anilines is 4. The summed E-state index contributed by atoms with van der Waals surface area (Å²) < 4.78 is 12.7. The fourth-order valence-electron chi connectivity index (χ4n) is 7.81. The third-order valence-electron chi connectivity index (χ3n) is 11.1. The van der Waals surface area contributed by atoms with Crippen LogP contribution in [0.3, 0.4) is 0 Å². The fraction of sp³-hybridized carbons (Fsp3) is 0.439. The van der Waals surface area contributed by atoms with Crippen LogP contribution in [0.4, 0.5) is 23.1 Å². The lowest BCUT2D eigenvalue weighted by Gasteiger charge is -2.39. The zero-order valence-corrected chi connectivity index (χ0v) is 34.1. The Labute approximate surface area is 346 Å². The number of halogens is 1. The number of nitrogens with zero attached hydrogens (tertiary/aromatic N) is 6. The first-order valence-electron chi connectivity index (χ1n) is 19.9. The van der Waals surface area contributed by atoms with Crippen molar-refractivity contribution in [2.24, 2.45) is 5.92 Å². The average Bonchev–Trinajstić information content (AvgIpc) is 3.25. The molecule has 2 aromatic carbocycles. The van der Waals surface area contributed by atoms with Gasteiger partial charge in [0.05, 0.1) is 24.4 Å². The maximum Gasteiger partial charge on any atom is 0.293 e. The number of piperazine rings is 1. The molecule has 4 N–H and O–H groups in total. The number of nitrogens with one attached hydrogen (secondary N) is 4. The van der Waals surface area contributed by atoms with Gasteiger partial charge in [0, 0.05) is 88.7 Å². The Morgan fingerprint density at radius 1 is 0.949 bits per heavy atom. The van der Waals surface area contributed by atoms with Gasteiger partial charge in [0.2, 0.25) is 17.8 Å². The Hall–Kier alpha value is -5.94. The number of imide groups is 1. The predicted molar refractivity (Wildman–Crippen MR) is 224 cm³/mol. The Bertz CT molecular complexity index is 2290. The molecule has 4 amide bonds. The summed E-state index contributed by atoms with van der Waals surface area (Å²) in [5, 5.41) is 11.9. The van der Waals surface area contributed by atoms with Crippen molar-refractivity contribution in [3.8, 4) is 11.5 Å². The molecule has 18 heteroatoms. The number of benzene rings is 2. The van der Waals surface area contributed by atoms with Crippen molar-refractivity contribution in [1.29, 1.82) is 0 Å². The molecule has 2 aromatic heterocycles. The van der Waals surface area contributed by atoms with Crippen LogP contribution in [0.1, 0.15) is 43.0 Å². The normalized spacial score (nSPS) is 17.7. The van der Waals surface area contributed by atoms with Crippen LogP contribution in [0.25, 0.3) is 10.9 Å². The highest BCUT2D eigenvalue weighted by Crippen LogP contribution is 2.31. The number of likely N-dealkylation sites (N-methyl/N-ethyl adjacent to an activating group) is 1. The van der Waals surface area contributed by atoms with Crippen molar-refractivity contribution >= 4 is 69.3 Å². The van der Waals surface area contributed by atoms with E-state index >= 15 is 0 Å². The van der Waals surface area contributed by atoms with Gasteiger partial charge in [-0.3, -0.25) is 34.2 Å². The Balaban J connectivity index is 0.912. The predicted octanol–water partition coefficient (Wildman–Crippen LogP) is 2.92. The van der Waals surface area contributed by atoms with Crippen molar-refractivity contribution < 1.29 is 28.7 Å². The fourth-order valence-corrected chi connectivity index (χ4v) is 7.95. The van der Waals surface area contributed by atoms with E-state index in [4.69, 9.17) is 26.1 Å². The maximum atomic E-state index is 13.0. The largest absolute Gasteiger partial charge is 0.496 e. The second-order valence-electron chi connectivity index (χ2n) is 14.9. The number of methoxy groups -OCH3 is 1. The number of amides is 4. The SMILES string of the molecule is CCn1c(=O)c(OCC(=O)NC)cc2cc(Nc3nc(N4CCN(CC5CCN(c6ccc(C(=O)NC7CCC(=O)NC7=O)c(OC)c6)CC5)CC4)ncc3Cl)ccc21. The van der Waals surface area contributed by atoms with Crippen LogP contribution in [0.5, 0.6) is 11.5 Å². The number of aromatic nitrogens is 3. The smallest absolute Gasteiger partial charge is 0.293 e. The van der Waals surface area contributed by atoms with Gasteiger partial charge in [0.15, 0.2) is 18.2 Å². The van der Waals surface area contributed by atoms with Crippen LogP contribution in [-0.2, 0) is 20.9 Å². The highest BCUT2D eigenvalue weighted by atomic mass is 35.5. The molecule has 0 bridgehead atoms. The molecule has 312 valence electrons. The van der Waals surface area contributed by atoms with Gasteiger partial charge in [-0.15, -0.1) is 0 Å². The van der Waals surface area contributed by atoms with Gasteiger partial charge < -0.3 is 39.8 Å². The highest BCUT2D eigenvalue weighted by molar-refractivity contribution is 6.33. The monoisotopic (exact) mass is 828 g/mol. The second kappa shape index (κ2) is 18.3. The van der Waals surface area contributed by atoms with E-state index in [1.165, 1.54) is 14.2 Å². The minimum atomic E-state index is -0.762. The van der Waals surface area contributed by atoms with Crippen LogP contribution in [-0.4, -0.2) is 116 Å². The zero-order valence-electron chi connectivity index (χ0n) is 33.4. The number of pyridine rings is 1. The number of carbonyl (C=O) groups excluding carboxylic acids is 4. The lowest BCUT2D eigenvalue weighted by atomic mass is 9.95. The van der Waals surface area contributed by atoms with Crippen molar-refractivity contribution in [3.63, 3.8) is 0 Å². The summed E-state index contributed by atoms with van der Waals surface area (Å²) in [7, 11) is 3.03. The molecular formula is C41H49ClN10O7. The minimum absolute atomic E-state index is 0.0922. The molecular weight excluding hydrogens is 780 g/mol. The molecule has 1 atom stereocenters. The Morgan fingerprint density at radius 3 is 2.44 bits per heavy atom. The first-order chi connectivity index (χ1) is 28.5. The molecule has 7 rings (SSSR count). The van der Waals surface area contributed by atoms with Gasteiger partial charge in [-0.25, -0.2) is 4.98 Å². The van der Waals surface area contributed by atoms with Crippen LogP contribution >= 0.6 is 11.6 Å². The second-order valence-corrected chi connectivity index (χ2v) is 15.3. The van der Waals surface area contributed by atoms with Crippen LogP contribution in [0.15, 0.2) is 53.5 Å². The standard InChI is InChI=1S/C41H49ClN10O7/c1-4-52-32-9-5-27(19-26(32)20-34(40(52)57)59-24-36(54)43-2)45-37-30(42)22-44-41(48-37)51-17-15-49(16-18-51)23-25-11-13-50(14-12-25)28-6-7-29(33(21-28)58-3)38(55)46-31-8-10-35(53)47-39(31)56/h5-7,9,19-22,25,31H,4,8,10-18,23-24H2,1-3H3,(H,43,54)(H,46,55)(H,44,45,48)(H,47,53,56). The lowest BCUT2D eigenvalue weighted by Crippen LogP contribution is -2.52. The van der Waals surface area contributed by atoms with Gasteiger partial charge in [-0.2, -0.15) is 4.98 Å². The first-order valence-corrected chi connectivity index (χ1v) is 20.3. The zero-order chi connectivity index (χ0) is 41.6. The summed E-state index contributed by atoms with van der Waals surface area (Å²) in [6, 6.07) is 12.0. The highest BCUT2D eigenvalue weighted by Gasteiger charge is 2.30. The summed E-state index contributed by atoms with van der Waals surface area (Å²) in [5.74, 6) is 0.540. The summed E-state index contributed by atoms with van der Waals surface area (Å²) in [6.07, 6.45) is 4.12. The van der Waals surface area contributed by atoms with E-state index in [2.05, 4.69) is 41.0 Å². The quantitative estimate of drug-likeness (QED) is 0.144.